The Kier molecular flexibility index (Phi) is 6.36. The molecule has 0 bridgehead atoms. The Balaban J connectivity index is 1.31. The molecule has 1 unspecified atom stereocenters. The van der Waals surface area contributed by atoms with E-state index in [0.717, 1.165) is 37.9 Å². The number of nitrogens with one attached hydrogen (secondary N) is 1. The van der Waals surface area contributed by atoms with Crippen LogP contribution in [-0.4, -0.2) is 63.3 Å². The molecule has 8 heteroatoms. The van der Waals surface area contributed by atoms with E-state index in [1.165, 1.54) is 0 Å². The van der Waals surface area contributed by atoms with E-state index in [2.05, 4.69) is 15.4 Å². The van der Waals surface area contributed by atoms with Gasteiger partial charge in [0.15, 0.2) is 0 Å². The highest BCUT2D eigenvalue weighted by atomic mass is 16.5. The second kappa shape index (κ2) is 9.18. The number of rotatable bonds is 5. The van der Waals surface area contributed by atoms with E-state index in [9.17, 15) is 9.59 Å². The quantitative estimate of drug-likeness (QED) is 0.795. The minimum absolute atomic E-state index is 0.0593. The van der Waals surface area contributed by atoms with Crippen molar-refractivity contribution in [2.45, 2.75) is 51.7 Å². The van der Waals surface area contributed by atoms with Crippen molar-refractivity contribution in [3.05, 3.63) is 47.5 Å². The summed E-state index contributed by atoms with van der Waals surface area (Å²) in [6.07, 6.45) is 8.61. The summed E-state index contributed by atoms with van der Waals surface area (Å²) in [7, 11) is 0. The third kappa shape index (κ3) is 4.79. The van der Waals surface area contributed by atoms with Crippen molar-refractivity contribution in [3.63, 3.8) is 0 Å². The number of amides is 2. The summed E-state index contributed by atoms with van der Waals surface area (Å²) in [6.45, 7) is 7.37. The van der Waals surface area contributed by atoms with E-state index in [1.807, 2.05) is 29.6 Å². The molecule has 2 amide bonds. The molecule has 0 saturated carbocycles. The number of carbonyl (C=O) groups excluding carboxylic acids is 2. The molecule has 166 valence electrons. The molecule has 8 nitrogen and oxygen atoms in total. The molecule has 0 radical (unpaired) electrons. The zero-order chi connectivity index (χ0) is 21.8. The lowest BCUT2D eigenvalue weighted by Crippen LogP contribution is -2.51. The molecule has 1 spiro atoms. The predicted molar refractivity (Wildman–Crippen MR) is 116 cm³/mol. The normalized spacial score (nSPS) is 20.6. The zero-order valence-electron chi connectivity index (χ0n) is 18.3. The highest BCUT2D eigenvalue weighted by molar-refractivity contribution is 5.95. The van der Waals surface area contributed by atoms with Crippen LogP contribution in [0.2, 0.25) is 0 Å². The van der Waals surface area contributed by atoms with Gasteiger partial charge in [0.25, 0.3) is 11.8 Å². The largest absolute Gasteiger partial charge is 0.375 e. The first-order valence-corrected chi connectivity index (χ1v) is 11.2. The fraction of sp³-hybridized carbons (Fsp3) is 0.565. The summed E-state index contributed by atoms with van der Waals surface area (Å²) in [4.78, 5) is 31.2. The van der Waals surface area contributed by atoms with E-state index in [1.54, 1.807) is 24.5 Å². The Morgan fingerprint density at radius 2 is 2.00 bits per heavy atom. The molecule has 1 atom stereocenters. The van der Waals surface area contributed by atoms with Gasteiger partial charge < -0.3 is 15.0 Å². The molecule has 2 aromatic heterocycles. The van der Waals surface area contributed by atoms with Crippen LogP contribution in [0.25, 0.3) is 0 Å². The van der Waals surface area contributed by atoms with Gasteiger partial charge in [-0.2, -0.15) is 5.10 Å². The van der Waals surface area contributed by atoms with Crippen LogP contribution in [0.15, 0.2) is 30.7 Å². The molecule has 2 aliphatic rings. The van der Waals surface area contributed by atoms with Crippen LogP contribution in [0.1, 0.15) is 59.0 Å². The lowest BCUT2D eigenvalue weighted by atomic mass is 9.79. The molecule has 2 aromatic rings. The average Bonchev–Trinajstić information content (AvgIpc) is 3.19. The molecular formula is C23H31N5O3. The van der Waals surface area contributed by atoms with Crippen molar-refractivity contribution in [3.8, 4) is 0 Å². The predicted octanol–water partition coefficient (Wildman–Crippen LogP) is 2.44. The van der Waals surface area contributed by atoms with Crippen molar-refractivity contribution in [2.24, 2.45) is 5.92 Å². The van der Waals surface area contributed by atoms with E-state index >= 15 is 0 Å². The molecule has 4 heterocycles. The SMILES string of the molecule is CCn1cc(C(=O)N2CCC3(CC2)CC(CNC(=O)c2ccncc2)CCO3)c(C)n1. The minimum Gasteiger partial charge on any atom is -0.375 e. The summed E-state index contributed by atoms with van der Waals surface area (Å²) in [6, 6.07) is 3.44. The molecule has 2 aliphatic heterocycles. The van der Waals surface area contributed by atoms with Crippen LogP contribution in [-0.2, 0) is 11.3 Å². The monoisotopic (exact) mass is 425 g/mol. The van der Waals surface area contributed by atoms with Crippen LogP contribution in [0, 0.1) is 12.8 Å². The second-order valence-corrected chi connectivity index (χ2v) is 8.61. The lowest BCUT2D eigenvalue weighted by Gasteiger charge is -2.46. The Labute approximate surface area is 183 Å². The standard InChI is InChI=1S/C23H31N5O3/c1-3-28-16-20(17(2)26-28)22(30)27-11-7-23(8-12-27)14-18(6-13-31-23)15-25-21(29)19-4-9-24-10-5-19/h4-5,9-10,16,18H,3,6-8,11-15H2,1-2H3,(H,25,29). The van der Waals surface area contributed by atoms with Crippen LogP contribution in [0.5, 0.6) is 0 Å². The molecular weight excluding hydrogens is 394 g/mol. The number of hydrogen-bond donors (Lipinski definition) is 1. The average molecular weight is 426 g/mol. The fourth-order valence-electron chi connectivity index (χ4n) is 4.67. The molecule has 31 heavy (non-hydrogen) atoms. The van der Waals surface area contributed by atoms with Gasteiger partial charge in [-0.15, -0.1) is 0 Å². The van der Waals surface area contributed by atoms with Gasteiger partial charge in [-0.1, -0.05) is 0 Å². The number of hydrogen-bond acceptors (Lipinski definition) is 5. The number of aromatic nitrogens is 3. The Morgan fingerprint density at radius 3 is 2.68 bits per heavy atom. The molecule has 0 aromatic carbocycles. The first-order valence-electron chi connectivity index (χ1n) is 11.2. The van der Waals surface area contributed by atoms with Crippen LogP contribution < -0.4 is 5.32 Å². The number of nitrogens with zero attached hydrogens (tertiary/aromatic N) is 4. The number of likely N-dealkylation sites (tertiary alicyclic amines) is 1. The maximum atomic E-state index is 13.0. The number of piperidine rings is 1. The summed E-state index contributed by atoms with van der Waals surface area (Å²) < 4.78 is 8.04. The lowest BCUT2D eigenvalue weighted by molar-refractivity contribution is -0.122. The van der Waals surface area contributed by atoms with Crippen molar-refractivity contribution >= 4 is 11.8 Å². The summed E-state index contributed by atoms with van der Waals surface area (Å²) in [5.74, 6) is 0.377. The maximum absolute atomic E-state index is 13.0. The van der Waals surface area contributed by atoms with E-state index in [0.29, 0.717) is 43.3 Å². The highest BCUT2D eigenvalue weighted by Crippen LogP contribution is 2.37. The molecule has 1 N–H and O–H groups in total. The Bertz CT molecular complexity index is 919. The molecule has 2 saturated heterocycles. The second-order valence-electron chi connectivity index (χ2n) is 8.61. The van der Waals surface area contributed by atoms with E-state index < -0.39 is 0 Å². The van der Waals surface area contributed by atoms with Crippen LogP contribution in [0.4, 0.5) is 0 Å². The Hall–Kier alpha value is -2.74. The fourth-order valence-corrected chi connectivity index (χ4v) is 4.67. The number of ether oxygens (including phenoxy) is 1. The molecule has 2 fully saturated rings. The Morgan fingerprint density at radius 1 is 1.26 bits per heavy atom. The third-order valence-corrected chi connectivity index (χ3v) is 6.55. The number of pyridine rings is 1. The molecule has 4 rings (SSSR count). The number of carbonyl (C=O) groups is 2. The van der Waals surface area contributed by atoms with Gasteiger partial charge >= 0.3 is 0 Å². The van der Waals surface area contributed by atoms with Gasteiger partial charge in [-0.05, 0) is 57.6 Å². The third-order valence-electron chi connectivity index (χ3n) is 6.55. The summed E-state index contributed by atoms with van der Waals surface area (Å²) in [5, 5.41) is 7.46. The van der Waals surface area contributed by atoms with Crippen molar-refractivity contribution in [1.29, 1.82) is 0 Å². The van der Waals surface area contributed by atoms with Crippen LogP contribution >= 0.6 is 0 Å². The smallest absolute Gasteiger partial charge is 0.257 e. The first-order chi connectivity index (χ1) is 15.0. The van der Waals surface area contributed by atoms with Gasteiger partial charge in [-0.25, -0.2) is 0 Å². The van der Waals surface area contributed by atoms with E-state index in [4.69, 9.17) is 4.74 Å². The van der Waals surface area contributed by atoms with Crippen molar-refractivity contribution < 1.29 is 14.3 Å². The van der Waals surface area contributed by atoms with Gasteiger partial charge in [0.2, 0.25) is 0 Å². The zero-order valence-corrected chi connectivity index (χ0v) is 18.3. The topological polar surface area (TPSA) is 89.4 Å². The maximum Gasteiger partial charge on any atom is 0.257 e. The van der Waals surface area contributed by atoms with Crippen molar-refractivity contribution in [1.82, 2.24) is 25.0 Å². The first kappa shape index (κ1) is 21.5. The number of aryl methyl sites for hydroxylation is 2. The van der Waals surface area contributed by atoms with Gasteiger partial charge in [0.05, 0.1) is 16.9 Å². The molecule has 0 aliphatic carbocycles. The minimum atomic E-state index is -0.191. The van der Waals surface area contributed by atoms with E-state index in [-0.39, 0.29) is 17.4 Å². The van der Waals surface area contributed by atoms with Gasteiger partial charge in [-0.3, -0.25) is 19.3 Å². The van der Waals surface area contributed by atoms with Crippen LogP contribution in [0.3, 0.4) is 0 Å². The highest BCUT2D eigenvalue weighted by Gasteiger charge is 2.41. The van der Waals surface area contributed by atoms with Gasteiger partial charge in [0.1, 0.15) is 0 Å². The summed E-state index contributed by atoms with van der Waals surface area (Å²) in [5.41, 5.74) is 1.92. The van der Waals surface area contributed by atoms with Crippen molar-refractivity contribution in [2.75, 3.05) is 26.2 Å². The van der Waals surface area contributed by atoms with Gasteiger partial charge in [0, 0.05) is 56.9 Å². The summed E-state index contributed by atoms with van der Waals surface area (Å²) >= 11 is 0.